The zero-order valence-electron chi connectivity index (χ0n) is 23.7. The second-order valence-electron chi connectivity index (χ2n) is 10.3. The van der Waals surface area contributed by atoms with Crippen molar-refractivity contribution in [2.24, 2.45) is 10.7 Å². The highest BCUT2D eigenvalue weighted by Gasteiger charge is 2.32. The van der Waals surface area contributed by atoms with Crippen LogP contribution in [0.1, 0.15) is 48.2 Å². The highest BCUT2D eigenvalue weighted by atomic mass is 16.5. The van der Waals surface area contributed by atoms with Crippen LogP contribution in [0.2, 0.25) is 0 Å². The number of carbonyl (C=O) groups is 1. The van der Waals surface area contributed by atoms with Crippen LogP contribution in [0.5, 0.6) is 6.01 Å². The van der Waals surface area contributed by atoms with Crippen LogP contribution in [0.4, 0.5) is 5.82 Å². The summed E-state index contributed by atoms with van der Waals surface area (Å²) in [5, 5.41) is 0. The molecule has 0 radical (unpaired) electrons. The first-order valence-corrected chi connectivity index (χ1v) is 13.5. The fourth-order valence-corrected chi connectivity index (χ4v) is 5.37. The summed E-state index contributed by atoms with van der Waals surface area (Å²) in [6.45, 7) is 4.61. The average Bonchev–Trinajstić information content (AvgIpc) is 3.19. The summed E-state index contributed by atoms with van der Waals surface area (Å²) in [6.07, 6.45) is 9.56. The van der Waals surface area contributed by atoms with E-state index in [4.69, 9.17) is 31.9 Å². The standard InChI is InChI=1S/C30H39N7O2/c1-7-12-20-13-9-10-14-22(20)26-17-24-23(18-36(26)5)28(34-30(33-24)39-6)37-16-11-15-32-25(19-37)21(8-2)27(31)29(38)35(3)4/h2,9-10,13-14,26H,7,11-12,15-19,31H2,1,3-6H3/b27-21-. The van der Waals surface area contributed by atoms with Crippen LogP contribution in [0, 0.1) is 12.3 Å². The molecule has 9 nitrogen and oxygen atoms in total. The lowest BCUT2D eigenvalue weighted by Crippen LogP contribution is -2.37. The molecule has 1 atom stereocenters. The fraction of sp³-hybridized carbons (Fsp3) is 0.467. The molecule has 1 aromatic heterocycles. The number of methoxy groups -OCH3 is 1. The van der Waals surface area contributed by atoms with Crippen LogP contribution in [-0.2, 0) is 24.2 Å². The van der Waals surface area contributed by atoms with Crippen molar-refractivity contribution in [3.8, 4) is 18.4 Å². The number of fused-ring (bicyclic) bond motifs is 1. The molecule has 4 rings (SSSR count). The van der Waals surface area contributed by atoms with Crippen molar-refractivity contribution < 1.29 is 9.53 Å². The van der Waals surface area contributed by atoms with Gasteiger partial charge in [0.25, 0.3) is 5.91 Å². The molecule has 9 heteroatoms. The molecular weight excluding hydrogens is 490 g/mol. The zero-order valence-corrected chi connectivity index (χ0v) is 23.7. The number of aryl methyl sites for hydroxylation is 1. The van der Waals surface area contributed by atoms with E-state index in [1.807, 2.05) is 0 Å². The van der Waals surface area contributed by atoms with E-state index < -0.39 is 0 Å². The monoisotopic (exact) mass is 529 g/mol. The van der Waals surface area contributed by atoms with E-state index in [0.717, 1.165) is 49.3 Å². The van der Waals surface area contributed by atoms with Crippen molar-refractivity contribution in [2.75, 3.05) is 52.8 Å². The first-order valence-electron chi connectivity index (χ1n) is 13.5. The Morgan fingerprint density at radius 2 is 2.03 bits per heavy atom. The summed E-state index contributed by atoms with van der Waals surface area (Å²) >= 11 is 0. The topological polar surface area (TPSA) is 100 Å². The summed E-state index contributed by atoms with van der Waals surface area (Å²) in [7, 11) is 7.05. The van der Waals surface area contributed by atoms with Gasteiger partial charge in [-0.25, -0.2) is 0 Å². The summed E-state index contributed by atoms with van der Waals surface area (Å²) in [5.74, 6) is 3.10. The molecule has 0 spiro atoms. The molecule has 1 amide bonds. The van der Waals surface area contributed by atoms with Crippen molar-refractivity contribution in [1.82, 2.24) is 19.8 Å². The first kappa shape index (κ1) is 28.1. The normalized spacial score (nSPS) is 18.3. The molecule has 2 aliphatic heterocycles. The van der Waals surface area contributed by atoms with Crippen LogP contribution in [-0.4, -0.2) is 79.3 Å². The maximum absolute atomic E-state index is 12.6. The van der Waals surface area contributed by atoms with Gasteiger partial charge in [0.2, 0.25) is 0 Å². The first-order chi connectivity index (χ1) is 18.8. The maximum Gasteiger partial charge on any atom is 0.318 e. The summed E-state index contributed by atoms with van der Waals surface area (Å²) in [6, 6.07) is 9.25. The Morgan fingerprint density at radius 3 is 2.72 bits per heavy atom. The number of anilines is 1. The number of terminal acetylenes is 1. The number of carbonyl (C=O) groups excluding carboxylic acids is 1. The Labute approximate surface area is 231 Å². The van der Waals surface area contributed by atoms with Gasteiger partial charge in [-0.15, -0.1) is 6.42 Å². The molecule has 206 valence electrons. The largest absolute Gasteiger partial charge is 0.467 e. The molecule has 2 N–H and O–H groups in total. The maximum atomic E-state index is 12.6. The lowest BCUT2D eigenvalue weighted by Gasteiger charge is -2.37. The molecule has 0 fully saturated rings. The highest BCUT2D eigenvalue weighted by Crippen LogP contribution is 2.37. The SMILES string of the molecule is C#C/C(C1=NCCCN(c2nc(OC)nc3c2CN(C)C(c2ccccc2CCC)C3)C1)=C(/N)C(=O)N(C)C. The summed E-state index contributed by atoms with van der Waals surface area (Å²) in [5.41, 5.74) is 12.0. The number of hydrogen-bond donors (Lipinski definition) is 1. The van der Waals surface area contributed by atoms with Gasteiger partial charge < -0.3 is 20.3 Å². The number of nitrogens with two attached hydrogens (primary N) is 1. The third-order valence-electron chi connectivity index (χ3n) is 7.36. The number of aromatic nitrogens is 2. The molecule has 0 aliphatic carbocycles. The van der Waals surface area contributed by atoms with Gasteiger partial charge in [-0.3, -0.25) is 14.7 Å². The molecule has 0 saturated heterocycles. The van der Waals surface area contributed by atoms with Gasteiger partial charge in [-0.1, -0.05) is 43.5 Å². The summed E-state index contributed by atoms with van der Waals surface area (Å²) in [4.78, 5) is 32.9. The molecule has 39 heavy (non-hydrogen) atoms. The average molecular weight is 530 g/mol. The quantitative estimate of drug-likeness (QED) is 0.435. The molecule has 0 bridgehead atoms. The molecule has 2 aliphatic rings. The Kier molecular flexibility index (Phi) is 8.87. The van der Waals surface area contributed by atoms with E-state index in [0.29, 0.717) is 36.9 Å². The van der Waals surface area contributed by atoms with Crippen molar-refractivity contribution in [3.05, 3.63) is 57.9 Å². The lowest BCUT2D eigenvalue weighted by molar-refractivity contribution is -0.124. The minimum absolute atomic E-state index is 0.0266. The number of nitrogens with zero attached hydrogens (tertiary/aromatic N) is 6. The van der Waals surface area contributed by atoms with Crippen molar-refractivity contribution in [1.29, 1.82) is 0 Å². The van der Waals surface area contributed by atoms with Crippen LogP contribution in [0.3, 0.4) is 0 Å². The van der Waals surface area contributed by atoms with E-state index in [-0.39, 0.29) is 17.6 Å². The van der Waals surface area contributed by atoms with E-state index in [1.165, 1.54) is 16.0 Å². The smallest absolute Gasteiger partial charge is 0.318 e. The molecule has 2 aromatic rings. The Hall–Kier alpha value is -3.90. The van der Waals surface area contributed by atoms with Gasteiger partial charge in [0.1, 0.15) is 11.5 Å². The van der Waals surface area contributed by atoms with Gasteiger partial charge in [-0.05, 0) is 31.0 Å². The Morgan fingerprint density at radius 1 is 1.26 bits per heavy atom. The number of amides is 1. The molecule has 1 aromatic carbocycles. The van der Waals surface area contributed by atoms with Gasteiger partial charge in [-0.2, -0.15) is 9.97 Å². The van der Waals surface area contributed by atoms with Crippen LogP contribution < -0.4 is 15.4 Å². The van der Waals surface area contributed by atoms with Gasteiger partial charge in [0, 0.05) is 51.8 Å². The van der Waals surface area contributed by atoms with Gasteiger partial charge in [0.15, 0.2) is 0 Å². The molecule has 0 saturated carbocycles. The van der Waals surface area contributed by atoms with E-state index in [2.05, 4.69) is 54.0 Å². The number of aliphatic imine (C=N–C) groups is 1. The van der Waals surface area contributed by atoms with Gasteiger partial charge in [0.05, 0.1) is 30.6 Å². The number of ether oxygens (including phenoxy) is 1. The van der Waals surface area contributed by atoms with Crippen molar-refractivity contribution in [3.63, 3.8) is 0 Å². The Balaban J connectivity index is 1.72. The second-order valence-corrected chi connectivity index (χ2v) is 10.3. The third-order valence-corrected chi connectivity index (χ3v) is 7.36. The predicted octanol–water partition coefficient (Wildman–Crippen LogP) is 2.75. The minimum atomic E-state index is -0.335. The molecule has 1 unspecified atom stereocenters. The third kappa shape index (κ3) is 5.91. The predicted molar refractivity (Wildman–Crippen MR) is 155 cm³/mol. The fourth-order valence-electron chi connectivity index (χ4n) is 5.37. The number of hydrogen-bond acceptors (Lipinski definition) is 8. The molecule has 3 heterocycles. The van der Waals surface area contributed by atoms with E-state index >= 15 is 0 Å². The minimum Gasteiger partial charge on any atom is -0.467 e. The number of benzene rings is 1. The van der Waals surface area contributed by atoms with Crippen molar-refractivity contribution >= 4 is 17.4 Å². The molecular formula is C30H39N7O2. The number of likely N-dealkylation sites (N-methyl/N-ethyl adjacent to an activating group) is 2. The number of rotatable bonds is 7. The highest BCUT2D eigenvalue weighted by molar-refractivity contribution is 6.12. The van der Waals surface area contributed by atoms with Crippen LogP contribution in [0.15, 0.2) is 40.5 Å². The lowest BCUT2D eigenvalue weighted by atomic mass is 9.89. The van der Waals surface area contributed by atoms with Crippen LogP contribution >= 0.6 is 0 Å². The Bertz CT molecular complexity index is 1330. The van der Waals surface area contributed by atoms with Crippen molar-refractivity contribution in [2.45, 2.75) is 45.2 Å². The second kappa shape index (κ2) is 12.3. The zero-order chi connectivity index (χ0) is 28.1. The van der Waals surface area contributed by atoms with E-state index in [1.54, 1.807) is 21.2 Å². The van der Waals surface area contributed by atoms with Gasteiger partial charge >= 0.3 is 6.01 Å². The van der Waals surface area contributed by atoms with E-state index in [9.17, 15) is 4.79 Å². The summed E-state index contributed by atoms with van der Waals surface area (Å²) < 4.78 is 5.56. The van der Waals surface area contributed by atoms with Crippen LogP contribution in [0.25, 0.3) is 0 Å².